The van der Waals surface area contributed by atoms with Gasteiger partial charge in [-0.15, -0.1) is 0 Å². The number of benzene rings is 2. The lowest BCUT2D eigenvalue weighted by molar-refractivity contribution is -0.135. The summed E-state index contributed by atoms with van der Waals surface area (Å²) in [5, 5.41) is 10.7. The van der Waals surface area contributed by atoms with Gasteiger partial charge in [-0.05, 0) is 36.8 Å². The first-order valence-electron chi connectivity index (χ1n) is 8.28. The van der Waals surface area contributed by atoms with Crippen molar-refractivity contribution >= 4 is 11.8 Å². The van der Waals surface area contributed by atoms with Crippen LogP contribution in [0.5, 0.6) is 28.7 Å². The van der Waals surface area contributed by atoms with Gasteiger partial charge in [-0.1, -0.05) is 0 Å². The molecule has 0 fully saturated rings. The molecule has 142 valence electrons. The van der Waals surface area contributed by atoms with E-state index in [0.29, 0.717) is 28.4 Å². The second kappa shape index (κ2) is 7.19. The van der Waals surface area contributed by atoms with Gasteiger partial charge in [0.1, 0.15) is 11.5 Å². The fraction of sp³-hybridized carbons (Fsp3) is 0.300. The number of carbonyl (C=O) groups excluding carboxylic acids is 2. The maximum absolute atomic E-state index is 12.1. The summed E-state index contributed by atoms with van der Waals surface area (Å²) in [7, 11) is 4.49. The van der Waals surface area contributed by atoms with E-state index in [1.807, 2.05) is 0 Å². The van der Waals surface area contributed by atoms with Crippen molar-refractivity contribution in [3.63, 3.8) is 0 Å². The molecular formula is C20H20O7. The van der Waals surface area contributed by atoms with Gasteiger partial charge in [0.15, 0.2) is 17.3 Å². The van der Waals surface area contributed by atoms with Crippen LogP contribution >= 0.6 is 0 Å². The molecule has 7 heteroatoms. The van der Waals surface area contributed by atoms with E-state index in [1.54, 1.807) is 12.1 Å². The number of hydrogen-bond donors (Lipinski definition) is 1. The van der Waals surface area contributed by atoms with Crippen molar-refractivity contribution in [3.8, 4) is 28.7 Å². The van der Waals surface area contributed by atoms with Gasteiger partial charge in [0.25, 0.3) is 0 Å². The Balaban J connectivity index is 2.23. The summed E-state index contributed by atoms with van der Waals surface area (Å²) in [4.78, 5) is 23.9. The van der Waals surface area contributed by atoms with Crippen LogP contribution in [0.2, 0.25) is 0 Å². The molecule has 0 aromatic heterocycles. The lowest BCUT2D eigenvalue weighted by atomic mass is 9.84. The van der Waals surface area contributed by atoms with Crippen LogP contribution in [0.15, 0.2) is 24.3 Å². The Labute approximate surface area is 156 Å². The lowest BCUT2D eigenvalue weighted by Gasteiger charge is -2.27. The Hall–Kier alpha value is -3.22. The Morgan fingerprint density at radius 1 is 1.11 bits per heavy atom. The van der Waals surface area contributed by atoms with E-state index in [9.17, 15) is 14.7 Å². The molecule has 0 bridgehead atoms. The fourth-order valence-corrected chi connectivity index (χ4v) is 3.32. The number of fused-ring (bicyclic) bond motifs is 1. The number of carbonyl (C=O) groups is 2. The number of aromatic hydroxyl groups is 1. The van der Waals surface area contributed by atoms with Gasteiger partial charge in [0.05, 0.1) is 33.3 Å². The first kappa shape index (κ1) is 18.6. The predicted octanol–water partition coefficient (Wildman–Crippen LogP) is 3.06. The van der Waals surface area contributed by atoms with Crippen LogP contribution in [0.25, 0.3) is 0 Å². The molecule has 1 atom stereocenters. The van der Waals surface area contributed by atoms with Crippen LogP contribution < -0.4 is 18.9 Å². The molecular weight excluding hydrogens is 352 g/mol. The Morgan fingerprint density at radius 3 is 2.26 bits per heavy atom. The van der Waals surface area contributed by atoms with Crippen molar-refractivity contribution < 1.29 is 33.6 Å². The Morgan fingerprint density at radius 2 is 1.74 bits per heavy atom. The normalized spacial score (nSPS) is 15.6. The van der Waals surface area contributed by atoms with Crippen molar-refractivity contribution in [2.75, 3.05) is 21.3 Å². The quantitative estimate of drug-likeness (QED) is 0.490. The second-order valence-electron chi connectivity index (χ2n) is 6.12. The van der Waals surface area contributed by atoms with E-state index >= 15 is 0 Å². The summed E-state index contributed by atoms with van der Waals surface area (Å²) in [5.74, 6) is 0.0632. The lowest BCUT2D eigenvalue weighted by Crippen LogP contribution is -2.22. The molecule has 0 saturated heterocycles. The highest BCUT2D eigenvalue weighted by Gasteiger charge is 2.34. The van der Waals surface area contributed by atoms with E-state index in [-0.39, 0.29) is 29.3 Å². The maximum atomic E-state index is 12.1. The average Bonchev–Trinajstić information content (AvgIpc) is 2.65. The molecule has 7 nitrogen and oxygen atoms in total. The highest BCUT2D eigenvalue weighted by atomic mass is 16.5. The molecule has 2 aromatic rings. The smallest absolute Gasteiger partial charge is 0.312 e. The topological polar surface area (TPSA) is 91.3 Å². The number of methoxy groups -OCH3 is 3. The molecule has 1 heterocycles. The van der Waals surface area contributed by atoms with Crippen molar-refractivity contribution in [2.45, 2.75) is 19.3 Å². The summed E-state index contributed by atoms with van der Waals surface area (Å²) < 4.78 is 21.3. The van der Waals surface area contributed by atoms with Gasteiger partial charge in [-0.2, -0.15) is 0 Å². The largest absolute Gasteiger partial charge is 0.507 e. The third-order valence-corrected chi connectivity index (χ3v) is 4.59. The van der Waals surface area contributed by atoms with Crippen LogP contribution in [0.4, 0.5) is 0 Å². The summed E-state index contributed by atoms with van der Waals surface area (Å²) in [6.45, 7) is 1.37. The standard InChI is InChI=1S/C20H20O7/c1-10(21)12-5-6-14-18(19(12)23)13(9-17(22)27-14)11-7-15(24-2)20(26-4)16(8-11)25-3/h5-8,13,23H,9H2,1-4H3/t13-/m0/s1. The van der Waals surface area contributed by atoms with E-state index < -0.39 is 11.9 Å². The molecule has 27 heavy (non-hydrogen) atoms. The van der Waals surface area contributed by atoms with Crippen LogP contribution in [0.1, 0.15) is 40.7 Å². The first-order chi connectivity index (χ1) is 12.9. The van der Waals surface area contributed by atoms with Gasteiger partial charge >= 0.3 is 5.97 Å². The number of phenols is 1. The number of hydrogen-bond acceptors (Lipinski definition) is 7. The molecule has 2 aromatic carbocycles. The van der Waals surface area contributed by atoms with Gasteiger partial charge in [0, 0.05) is 11.5 Å². The summed E-state index contributed by atoms with van der Waals surface area (Å²) >= 11 is 0. The van der Waals surface area contributed by atoms with E-state index in [4.69, 9.17) is 18.9 Å². The Bertz CT molecular complexity index is 892. The minimum atomic E-state index is -0.533. The molecule has 0 spiro atoms. The average molecular weight is 372 g/mol. The molecule has 0 radical (unpaired) electrons. The van der Waals surface area contributed by atoms with Crippen molar-refractivity contribution in [2.24, 2.45) is 0 Å². The third kappa shape index (κ3) is 3.16. The molecule has 0 amide bonds. The van der Waals surface area contributed by atoms with Crippen LogP contribution in [0, 0.1) is 0 Å². The van der Waals surface area contributed by atoms with Crippen molar-refractivity contribution in [3.05, 3.63) is 41.0 Å². The highest BCUT2D eigenvalue weighted by molar-refractivity contribution is 5.98. The number of phenolic OH excluding ortho intramolecular Hbond substituents is 1. The molecule has 0 saturated carbocycles. The molecule has 1 N–H and O–H groups in total. The molecule has 3 rings (SSSR count). The number of Topliss-reactive ketones (excluding diaryl/α,β-unsaturated/α-hetero) is 1. The monoisotopic (exact) mass is 372 g/mol. The second-order valence-corrected chi connectivity index (χ2v) is 6.12. The zero-order valence-corrected chi connectivity index (χ0v) is 15.5. The molecule has 0 aliphatic carbocycles. The number of esters is 1. The van der Waals surface area contributed by atoms with Crippen molar-refractivity contribution in [1.29, 1.82) is 0 Å². The van der Waals surface area contributed by atoms with Crippen LogP contribution in [0.3, 0.4) is 0 Å². The van der Waals surface area contributed by atoms with Crippen LogP contribution in [-0.4, -0.2) is 38.2 Å². The predicted molar refractivity (Wildman–Crippen MR) is 96.3 cm³/mol. The third-order valence-electron chi connectivity index (χ3n) is 4.59. The summed E-state index contributed by atoms with van der Waals surface area (Å²) in [6, 6.07) is 6.40. The zero-order chi connectivity index (χ0) is 19.7. The van der Waals surface area contributed by atoms with Crippen molar-refractivity contribution in [1.82, 2.24) is 0 Å². The number of ether oxygens (including phenoxy) is 4. The van der Waals surface area contributed by atoms with Gasteiger partial charge in [-0.25, -0.2) is 0 Å². The van der Waals surface area contributed by atoms with Crippen LogP contribution in [-0.2, 0) is 4.79 Å². The van der Waals surface area contributed by atoms with E-state index in [1.165, 1.54) is 40.4 Å². The number of rotatable bonds is 5. The molecule has 1 aliphatic heterocycles. The van der Waals surface area contributed by atoms with Gasteiger partial charge in [0.2, 0.25) is 5.75 Å². The summed E-state index contributed by atoms with van der Waals surface area (Å²) in [5.41, 5.74) is 1.22. The fourth-order valence-electron chi connectivity index (χ4n) is 3.32. The minimum absolute atomic E-state index is 0.000551. The molecule has 1 aliphatic rings. The zero-order valence-electron chi connectivity index (χ0n) is 15.5. The highest BCUT2D eigenvalue weighted by Crippen LogP contribution is 2.48. The van der Waals surface area contributed by atoms with Gasteiger partial charge < -0.3 is 24.1 Å². The van der Waals surface area contributed by atoms with E-state index in [2.05, 4.69) is 0 Å². The van der Waals surface area contributed by atoms with E-state index in [0.717, 1.165) is 0 Å². The minimum Gasteiger partial charge on any atom is -0.507 e. The Kier molecular flexibility index (Phi) is 4.94. The SMILES string of the molecule is COc1cc([C@@H]2CC(=O)Oc3ccc(C(C)=O)c(O)c32)cc(OC)c1OC. The maximum Gasteiger partial charge on any atom is 0.312 e. The summed E-state index contributed by atoms with van der Waals surface area (Å²) in [6.07, 6.45) is 0.000551. The number of ketones is 1. The van der Waals surface area contributed by atoms with Gasteiger partial charge in [-0.3, -0.25) is 9.59 Å². The molecule has 0 unspecified atom stereocenters. The first-order valence-corrected chi connectivity index (χ1v) is 8.28.